The van der Waals surface area contributed by atoms with Gasteiger partial charge >= 0.3 is 0 Å². The van der Waals surface area contributed by atoms with Gasteiger partial charge in [0.25, 0.3) is 5.91 Å². The number of benzene rings is 2. The molecule has 0 N–H and O–H groups in total. The first kappa shape index (κ1) is 22.5. The zero-order chi connectivity index (χ0) is 23.2. The van der Waals surface area contributed by atoms with Crippen LogP contribution < -0.4 is 0 Å². The summed E-state index contributed by atoms with van der Waals surface area (Å²) >= 11 is 10.1. The summed E-state index contributed by atoms with van der Waals surface area (Å²) in [6.45, 7) is 0. The average Bonchev–Trinajstić information content (AvgIpc) is 3.45. The first-order chi connectivity index (χ1) is 15.8. The van der Waals surface area contributed by atoms with Crippen LogP contribution in [0.25, 0.3) is 23.0 Å². The lowest BCUT2D eigenvalue weighted by Crippen LogP contribution is -2.39. The Bertz CT molecular complexity index is 1380. The number of sulfone groups is 1. The van der Waals surface area contributed by atoms with Crippen LogP contribution in [0.3, 0.4) is 0 Å². The van der Waals surface area contributed by atoms with Gasteiger partial charge in [-0.15, -0.1) is 0 Å². The van der Waals surface area contributed by atoms with E-state index in [4.69, 9.17) is 17.3 Å². The van der Waals surface area contributed by atoms with Crippen LogP contribution in [0.5, 0.6) is 0 Å². The van der Waals surface area contributed by atoms with Crippen LogP contribution in [0.1, 0.15) is 12.0 Å². The fourth-order valence-corrected chi connectivity index (χ4v) is 7.31. The maximum Gasteiger partial charge on any atom is 0.266 e. The van der Waals surface area contributed by atoms with Crippen LogP contribution in [-0.4, -0.2) is 50.9 Å². The largest absolute Gasteiger partial charge is 0.289 e. The van der Waals surface area contributed by atoms with Gasteiger partial charge in [-0.2, -0.15) is 5.10 Å². The molecule has 6 nitrogen and oxygen atoms in total. The number of thiocarbonyl (C=S) groups is 1. The van der Waals surface area contributed by atoms with E-state index in [0.29, 0.717) is 15.6 Å². The highest BCUT2D eigenvalue weighted by Gasteiger charge is 2.42. The van der Waals surface area contributed by atoms with Crippen LogP contribution in [0, 0.1) is 0 Å². The van der Waals surface area contributed by atoms with Crippen molar-refractivity contribution in [3.63, 3.8) is 0 Å². The summed E-state index contributed by atoms with van der Waals surface area (Å²) in [4.78, 5) is 15.1. The Morgan fingerprint density at radius 2 is 1.85 bits per heavy atom. The van der Waals surface area contributed by atoms with Gasteiger partial charge in [-0.25, -0.2) is 13.1 Å². The van der Waals surface area contributed by atoms with Crippen molar-refractivity contribution >= 4 is 66.1 Å². The SMILES string of the molecule is O=C1/C(=C/c2cn(-c3ccccc3)nc2-c2ccc(Br)cc2)SC(=S)N1C1CCS(=O)(=O)C1. The minimum atomic E-state index is -3.13. The third-order valence-corrected chi connectivity index (χ3v) is 9.17. The smallest absolute Gasteiger partial charge is 0.266 e. The molecule has 5 rings (SSSR count). The second-order valence-electron chi connectivity index (χ2n) is 7.83. The van der Waals surface area contributed by atoms with Crippen LogP contribution in [0.4, 0.5) is 0 Å². The Hall–Kier alpha value is -2.27. The number of para-hydroxylation sites is 1. The number of hydrogen-bond acceptors (Lipinski definition) is 6. The van der Waals surface area contributed by atoms with Crippen molar-refractivity contribution in [2.24, 2.45) is 0 Å². The molecule has 0 saturated carbocycles. The molecule has 0 aliphatic carbocycles. The number of aromatic nitrogens is 2. The van der Waals surface area contributed by atoms with Crippen molar-refractivity contribution in [3.05, 3.63) is 75.7 Å². The van der Waals surface area contributed by atoms with Crippen LogP contribution in [-0.2, 0) is 14.6 Å². The molecule has 3 aromatic rings. The topological polar surface area (TPSA) is 72.3 Å². The van der Waals surface area contributed by atoms with E-state index in [1.807, 2.05) is 60.8 Å². The lowest BCUT2D eigenvalue weighted by atomic mass is 10.1. The van der Waals surface area contributed by atoms with E-state index in [2.05, 4.69) is 15.9 Å². The van der Waals surface area contributed by atoms with E-state index in [-0.39, 0.29) is 17.4 Å². The minimum Gasteiger partial charge on any atom is -0.289 e. The van der Waals surface area contributed by atoms with Crippen molar-refractivity contribution in [2.75, 3.05) is 11.5 Å². The van der Waals surface area contributed by atoms with Gasteiger partial charge in [0.2, 0.25) is 0 Å². The quantitative estimate of drug-likeness (QED) is 0.341. The molecule has 2 aromatic carbocycles. The molecule has 0 radical (unpaired) electrons. The normalized spacial score (nSPS) is 21.3. The molecule has 0 bridgehead atoms. The molecule has 0 spiro atoms. The van der Waals surface area contributed by atoms with Crippen molar-refractivity contribution < 1.29 is 13.2 Å². The maximum atomic E-state index is 13.2. The second-order valence-corrected chi connectivity index (χ2v) is 12.6. The molecule has 1 atom stereocenters. The summed E-state index contributed by atoms with van der Waals surface area (Å²) in [6.07, 6.45) is 4.10. The van der Waals surface area contributed by atoms with Crippen LogP contribution in [0.2, 0.25) is 0 Å². The van der Waals surface area contributed by atoms with E-state index in [1.165, 1.54) is 16.7 Å². The molecular weight excluding hydrogens is 542 g/mol. The van der Waals surface area contributed by atoms with Gasteiger partial charge in [0.05, 0.1) is 33.8 Å². The number of hydrogen-bond donors (Lipinski definition) is 0. The fraction of sp³-hybridized carbons (Fsp3) is 0.174. The molecule has 2 fully saturated rings. The van der Waals surface area contributed by atoms with Crippen molar-refractivity contribution in [2.45, 2.75) is 12.5 Å². The van der Waals surface area contributed by atoms with Crippen LogP contribution >= 0.6 is 39.9 Å². The summed E-state index contributed by atoms with van der Waals surface area (Å²) in [6, 6.07) is 17.2. The van der Waals surface area contributed by atoms with Gasteiger partial charge in [0, 0.05) is 21.8 Å². The van der Waals surface area contributed by atoms with Gasteiger partial charge in [-0.05, 0) is 36.8 Å². The van der Waals surface area contributed by atoms with Crippen LogP contribution in [0.15, 0.2) is 70.2 Å². The molecule has 1 aromatic heterocycles. The number of thioether (sulfide) groups is 1. The zero-order valence-electron chi connectivity index (χ0n) is 17.2. The van der Waals surface area contributed by atoms with Gasteiger partial charge in [0.1, 0.15) is 4.32 Å². The standard InChI is InChI=1S/C23H18BrN3O3S3/c24-17-8-6-15(7-9-17)21-16(13-26(25-21)18-4-2-1-3-5-18)12-20-22(28)27(23(31)32-20)19-10-11-33(29,30)14-19/h1-9,12-13,19H,10-11,14H2/b20-12-. The van der Waals surface area contributed by atoms with Crippen molar-refractivity contribution in [3.8, 4) is 16.9 Å². The number of halogens is 1. The molecular formula is C23H18BrN3O3S3. The Labute approximate surface area is 209 Å². The fourth-order valence-electron chi connectivity index (χ4n) is 3.95. The molecule has 10 heteroatoms. The Balaban J connectivity index is 1.54. The Morgan fingerprint density at radius 1 is 1.12 bits per heavy atom. The summed E-state index contributed by atoms with van der Waals surface area (Å²) < 4.78 is 27.0. The number of carbonyl (C=O) groups excluding carboxylic acids is 1. The maximum absolute atomic E-state index is 13.2. The van der Waals surface area contributed by atoms with Crippen molar-refractivity contribution in [1.29, 1.82) is 0 Å². The lowest BCUT2D eigenvalue weighted by Gasteiger charge is -2.20. The summed E-state index contributed by atoms with van der Waals surface area (Å²) in [5, 5.41) is 4.79. The molecule has 2 saturated heterocycles. The van der Waals surface area contributed by atoms with E-state index in [0.717, 1.165) is 27.0 Å². The van der Waals surface area contributed by atoms with Gasteiger partial charge in [0.15, 0.2) is 9.84 Å². The number of rotatable bonds is 4. The van der Waals surface area contributed by atoms with E-state index < -0.39 is 15.9 Å². The van der Waals surface area contributed by atoms with Gasteiger partial charge < -0.3 is 0 Å². The molecule has 168 valence electrons. The predicted molar refractivity (Wildman–Crippen MR) is 139 cm³/mol. The molecule has 1 amide bonds. The summed E-state index contributed by atoms with van der Waals surface area (Å²) in [7, 11) is -3.13. The minimum absolute atomic E-state index is 0.0389. The van der Waals surface area contributed by atoms with E-state index in [1.54, 1.807) is 10.8 Å². The summed E-state index contributed by atoms with van der Waals surface area (Å²) in [5.41, 5.74) is 3.33. The third kappa shape index (κ3) is 4.57. The third-order valence-electron chi connectivity index (χ3n) is 5.56. The molecule has 2 aliphatic rings. The highest BCUT2D eigenvalue weighted by molar-refractivity contribution is 9.10. The highest BCUT2D eigenvalue weighted by atomic mass is 79.9. The number of nitrogens with zero attached hydrogens (tertiary/aromatic N) is 3. The average molecular weight is 561 g/mol. The molecule has 33 heavy (non-hydrogen) atoms. The molecule has 1 unspecified atom stereocenters. The monoisotopic (exact) mass is 559 g/mol. The van der Waals surface area contributed by atoms with Gasteiger partial charge in [-0.1, -0.05) is 70.2 Å². The second kappa shape index (κ2) is 8.83. The van der Waals surface area contributed by atoms with Crippen molar-refractivity contribution in [1.82, 2.24) is 14.7 Å². The first-order valence-corrected chi connectivity index (χ1v) is 14.0. The number of carbonyl (C=O) groups is 1. The van der Waals surface area contributed by atoms with E-state index >= 15 is 0 Å². The Morgan fingerprint density at radius 3 is 2.52 bits per heavy atom. The molecule has 2 aliphatic heterocycles. The summed E-state index contributed by atoms with van der Waals surface area (Å²) in [5.74, 6) is -0.199. The zero-order valence-corrected chi connectivity index (χ0v) is 21.3. The first-order valence-electron chi connectivity index (χ1n) is 10.2. The lowest BCUT2D eigenvalue weighted by molar-refractivity contribution is -0.123. The number of amides is 1. The molecule has 3 heterocycles. The predicted octanol–water partition coefficient (Wildman–Crippen LogP) is 4.69. The Kier molecular flexibility index (Phi) is 6.02. The van der Waals surface area contributed by atoms with E-state index in [9.17, 15) is 13.2 Å². The van der Waals surface area contributed by atoms with Gasteiger partial charge in [-0.3, -0.25) is 9.69 Å². The highest BCUT2D eigenvalue weighted by Crippen LogP contribution is 2.37.